The Bertz CT molecular complexity index is 660. The molecule has 0 radical (unpaired) electrons. The van der Waals surface area contributed by atoms with Crippen LogP contribution in [0.25, 0.3) is 5.57 Å². The van der Waals surface area contributed by atoms with E-state index in [4.69, 9.17) is 4.74 Å². The lowest BCUT2D eigenvalue weighted by molar-refractivity contribution is -0.116. The van der Waals surface area contributed by atoms with Crippen LogP contribution in [0.4, 0.5) is 0 Å². The van der Waals surface area contributed by atoms with E-state index in [0.29, 0.717) is 6.54 Å². The van der Waals surface area contributed by atoms with Crippen LogP contribution in [-0.2, 0) is 4.79 Å². The summed E-state index contributed by atoms with van der Waals surface area (Å²) in [6.45, 7) is 6.50. The average Bonchev–Trinajstić information content (AvgIpc) is 2.56. The van der Waals surface area contributed by atoms with E-state index in [2.05, 4.69) is 17.4 Å². The molecule has 23 heavy (non-hydrogen) atoms. The molecule has 1 N–H and O–H groups in total. The average molecular weight is 309 g/mol. The number of ether oxygens (including phenoxy) is 1. The fourth-order valence-corrected chi connectivity index (χ4v) is 2.30. The Morgan fingerprint density at radius 2 is 1.78 bits per heavy atom. The normalized spacial score (nSPS) is 12.6. The molecule has 0 aliphatic heterocycles. The summed E-state index contributed by atoms with van der Waals surface area (Å²) in [5.41, 5.74) is 3.08. The van der Waals surface area contributed by atoms with Crippen LogP contribution >= 0.6 is 0 Å². The van der Waals surface area contributed by atoms with Gasteiger partial charge in [0.05, 0.1) is 0 Å². The summed E-state index contributed by atoms with van der Waals surface area (Å²) in [5, 5.41) is 2.76. The number of allylic oxidation sites excluding steroid dienone is 1. The molecule has 0 fully saturated rings. The zero-order valence-electron chi connectivity index (χ0n) is 13.9. The Kier molecular flexibility index (Phi) is 5.98. The first-order chi connectivity index (χ1) is 11.1. The van der Waals surface area contributed by atoms with Crippen molar-refractivity contribution in [3.8, 4) is 5.75 Å². The highest BCUT2D eigenvalue weighted by molar-refractivity contribution is 5.94. The first-order valence-electron chi connectivity index (χ1n) is 7.88. The lowest BCUT2D eigenvalue weighted by atomic mass is 10.1. The lowest BCUT2D eigenvalue weighted by Gasteiger charge is -2.15. The second-order valence-corrected chi connectivity index (χ2v) is 5.42. The van der Waals surface area contributed by atoms with Crippen LogP contribution in [0.3, 0.4) is 0 Å². The van der Waals surface area contributed by atoms with Gasteiger partial charge in [0.25, 0.3) is 0 Å². The monoisotopic (exact) mass is 309 g/mol. The summed E-state index contributed by atoms with van der Waals surface area (Å²) in [4.78, 5) is 11.6. The number of hydrogen-bond acceptors (Lipinski definition) is 2. The molecular weight excluding hydrogens is 286 g/mol. The summed E-state index contributed by atoms with van der Waals surface area (Å²) >= 11 is 0. The predicted molar refractivity (Wildman–Crippen MR) is 94.3 cm³/mol. The van der Waals surface area contributed by atoms with Gasteiger partial charge in [-0.1, -0.05) is 42.5 Å². The summed E-state index contributed by atoms with van der Waals surface area (Å²) in [6, 6.07) is 17.9. The van der Waals surface area contributed by atoms with Crippen molar-refractivity contribution in [1.82, 2.24) is 5.32 Å². The van der Waals surface area contributed by atoms with Crippen LogP contribution in [-0.4, -0.2) is 12.5 Å². The smallest absolute Gasteiger partial charge is 0.244 e. The summed E-state index contributed by atoms with van der Waals surface area (Å²) in [5.74, 6) is 0.749. The molecule has 2 aromatic carbocycles. The van der Waals surface area contributed by atoms with Crippen molar-refractivity contribution in [2.45, 2.75) is 26.9 Å². The van der Waals surface area contributed by atoms with Gasteiger partial charge in [-0.2, -0.15) is 0 Å². The maximum atomic E-state index is 11.6. The third-order valence-electron chi connectivity index (χ3n) is 3.59. The number of rotatable bonds is 6. The molecule has 0 heterocycles. The molecule has 1 atom stereocenters. The minimum absolute atomic E-state index is 0.00554. The van der Waals surface area contributed by atoms with Gasteiger partial charge in [-0.15, -0.1) is 0 Å². The van der Waals surface area contributed by atoms with Crippen molar-refractivity contribution in [1.29, 1.82) is 0 Å². The number of hydrogen-bond donors (Lipinski definition) is 1. The van der Waals surface area contributed by atoms with E-state index < -0.39 is 0 Å². The van der Waals surface area contributed by atoms with E-state index in [1.54, 1.807) is 6.08 Å². The van der Waals surface area contributed by atoms with Crippen molar-refractivity contribution < 1.29 is 9.53 Å². The molecule has 0 saturated carbocycles. The Balaban J connectivity index is 2.03. The highest BCUT2D eigenvalue weighted by Crippen LogP contribution is 2.23. The van der Waals surface area contributed by atoms with Crippen molar-refractivity contribution in [2.24, 2.45) is 0 Å². The van der Waals surface area contributed by atoms with Crippen molar-refractivity contribution in [3.05, 3.63) is 71.8 Å². The fraction of sp³-hybridized carbons (Fsp3) is 0.250. The molecule has 1 unspecified atom stereocenters. The summed E-state index contributed by atoms with van der Waals surface area (Å²) < 4.78 is 5.96. The third-order valence-corrected chi connectivity index (χ3v) is 3.59. The van der Waals surface area contributed by atoms with E-state index in [1.807, 2.05) is 63.2 Å². The van der Waals surface area contributed by atoms with Gasteiger partial charge in [0, 0.05) is 12.6 Å². The molecule has 0 saturated heterocycles. The maximum Gasteiger partial charge on any atom is 0.244 e. The molecule has 0 bridgehead atoms. The molecular formula is C20H23NO2. The number of likely N-dealkylation sites (N-methyl/N-ethyl adjacent to an activating group) is 1. The number of carbonyl (C=O) groups excluding carboxylic acids is 1. The van der Waals surface area contributed by atoms with Gasteiger partial charge in [0.2, 0.25) is 5.91 Å². The number of nitrogens with one attached hydrogen (secondary N) is 1. The van der Waals surface area contributed by atoms with Gasteiger partial charge in [0.15, 0.2) is 0 Å². The summed E-state index contributed by atoms with van der Waals surface area (Å²) in [6.07, 6.45) is 1.61. The molecule has 2 aromatic rings. The van der Waals surface area contributed by atoms with E-state index >= 15 is 0 Å². The SMILES string of the molecule is CCNC(=O)/C=C(\C)c1ccc(OC(C)c2ccccc2)cc1. The Hall–Kier alpha value is -2.55. The topological polar surface area (TPSA) is 38.3 Å². The molecule has 3 heteroatoms. The Morgan fingerprint density at radius 1 is 1.13 bits per heavy atom. The van der Waals surface area contributed by atoms with Gasteiger partial charge in [-0.05, 0) is 49.6 Å². The van der Waals surface area contributed by atoms with Crippen molar-refractivity contribution >= 4 is 11.5 Å². The van der Waals surface area contributed by atoms with Gasteiger partial charge in [-0.3, -0.25) is 4.79 Å². The van der Waals surface area contributed by atoms with E-state index in [9.17, 15) is 4.79 Å². The number of carbonyl (C=O) groups is 1. The number of amides is 1. The van der Waals surface area contributed by atoms with Crippen molar-refractivity contribution in [2.75, 3.05) is 6.54 Å². The maximum absolute atomic E-state index is 11.6. The molecule has 0 aliphatic rings. The van der Waals surface area contributed by atoms with Crippen LogP contribution in [0.15, 0.2) is 60.7 Å². The second kappa shape index (κ2) is 8.18. The fourth-order valence-electron chi connectivity index (χ4n) is 2.30. The highest BCUT2D eigenvalue weighted by atomic mass is 16.5. The molecule has 0 spiro atoms. The molecule has 0 aliphatic carbocycles. The predicted octanol–water partition coefficient (Wildman–Crippen LogP) is 4.37. The zero-order chi connectivity index (χ0) is 16.7. The molecule has 120 valence electrons. The van der Waals surface area contributed by atoms with Crippen molar-refractivity contribution in [3.63, 3.8) is 0 Å². The molecule has 1 amide bonds. The zero-order valence-corrected chi connectivity index (χ0v) is 13.9. The van der Waals surface area contributed by atoms with E-state index in [-0.39, 0.29) is 12.0 Å². The quantitative estimate of drug-likeness (QED) is 0.805. The van der Waals surface area contributed by atoms with Crippen LogP contribution in [0, 0.1) is 0 Å². The highest BCUT2D eigenvalue weighted by Gasteiger charge is 2.07. The second-order valence-electron chi connectivity index (χ2n) is 5.42. The minimum Gasteiger partial charge on any atom is -0.486 e. The van der Waals surface area contributed by atoms with Crippen LogP contribution in [0.2, 0.25) is 0 Å². The Morgan fingerprint density at radius 3 is 2.39 bits per heavy atom. The molecule has 3 nitrogen and oxygen atoms in total. The van der Waals surface area contributed by atoms with Gasteiger partial charge in [-0.25, -0.2) is 0 Å². The van der Waals surface area contributed by atoms with E-state index in [1.165, 1.54) is 0 Å². The van der Waals surface area contributed by atoms with Gasteiger partial charge in [0.1, 0.15) is 11.9 Å². The van der Waals surface area contributed by atoms with Crippen LogP contribution < -0.4 is 10.1 Å². The Labute approximate surface area is 138 Å². The first kappa shape index (κ1) is 16.8. The molecule has 0 aromatic heterocycles. The summed E-state index contributed by atoms with van der Waals surface area (Å²) in [7, 11) is 0. The van der Waals surface area contributed by atoms with Gasteiger partial charge < -0.3 is 10.1 Å². The third kappa shape index (κ3) is 4.99. The minimum atomic E-state index is -0.0666. The number of benzene rings is 2. The van der Waals surface area contributed by atoms with Crippen LogP contribution in [0.1, 0.15) is 38.0 Å². The first-order valence-corrected chi connectivity index (χ1v) is 7.88. The van der Waals surface area contributed by atoms with Crippen LogP contribution in [0.5, 0.6) is 5.75 Å². The van der Waals surface area contributed by atoms with E-state index in [0.717, 1.165) is 22.4 Å². The van der Waals surface area contributed by atoms with Gasteiger partial charge >= 0.3 is 0 Å². The largest absolute Gasteiger partial charge is 0.486 e. The lowest BCUT2D eigenvalue weighted by Crippen LogP contribution is -2.20. The standard InChI is InChI=1S/C20H23NO2/c1-4-21-20(22)14-15(2)17-10-12-19(13-11-17)23-16(3)18-8-6-5-7-9-18/h5-14,16H,4H2,1-3H3,(H,21,22)/b15-14+. The molecule has 2 rings (SSSR count).